The lowest BCUT2D eigenvalue weighted by Gasteiger charge is -2.32. The molecule has 3 aliphatic rings. The molecule has 0 saturated heterocycles. The van der Waals surface area contributed by atoms with Crippen molar-refractivity contribution in [1.29, 1.82) is 0 Å². The molecule has 2 saturated carbocycles. The Morgan fingerprint density at radius 1 is 1.10 bits per heavy atom. The highest BCUT2D eigenvalue weighted by Gasteiger charge is 2.61. The molecule has 7 nitrogen and oxygen atoms in total. The highest BCUT2D eigenvalue weighted by Crippen LogP contribution is 2.62. The number of carbonyl (C=O) groups is 2. The molecule has 2 aromatic carbocycles. The minimum Gasteiger partial charge on any atom is -0.497 e. The van der Waals surface area contributed by atoms with Gasteiger partial charge in [0.1, 0.15) is 5.75 Å². The van der Waals surface area contributed by atoms with Gasteiger partial charge in [0.15, 0.2) is 0 Å². The molecule has 0 bridgehead atoms. The van der Waals surface area contributed by atoms with Gasteiger partial charge in [0, 0.05) is 54.4 Å². The van der Waals surface area contributed by atoms with Crippen molar-refractivity contribution < 1.29 is 14.3 Å². The smallest absolute Gasteiger partial charge is 0.248 e. The number of hydrogen-bond donors (Lipinski definition) is 3. The van der Waals surface area contributed by atoms with E-state index in [2.05, 4.69) is 40.3 Å². The first-order valence-electron chi connectivity index (χ1n) is 14.2. The number of allylic oxidation sites excluding steroid dienone is 2. The monoisotopic (exact) mass is 540 g/mol. The molecular weight excluding hydrogens is 500 g/mol. The number of nitrogens with two attached hydrogens (primary N) is 1. The molecule has 2 fully saturated rings. The zero-order valence-electron chi connectivity index (χ0n) is 23.8. The predicted molar refractivity (Wildman–Crippen MR) is 161 cm³/mol. The topological polar surface area (TPSA) is 96.7 Å². The first kappa shape index (κ1) is 27.6. The largest absolute Gasteiger partial charge is 0.497 e. The van der Waals surface area contributed by atoms with Crippen LogP contribution in [0.2, 0.25) is 0 Å². The van der Waals surface area contributed by atoms with Gasteiger partial charge in [-0.3, -0.25) is 9.59 Å². The molecule has 5 rings (SSSR count). The lowest BCUT2D eigenvalue weighted by Crippen LogP contribution is -2.39. The third-order valence-electron chi connectivity index (χ3n) is 8.70. The summed E-state index contributed by atoms with van der Waals surface area (Å²) < 4.78 is 5.62. The van der Waals surface area contributed by atoms with Crippen molar-refractivity contribution in [2.45, 2.75) is 51.4 Å². The van der Waals surface area contributed by atoms with Crippen LogP contribution in [0.25, 0.3) is 11.6 Å². The molecule has 1 aliphatic heterocycles. The van der Waals surface area contributed by atoms with Crippen molar-refractivity contribution in [2.75, 3.05) is 25.6 Å². The minimum absolute atomic E-state index is 0.0206. The van der Waals surface area contributed by atoms with E-state index in [1.807, 2.05) is 38.2 Å². The van der Waals surface area contributed by atoms with Crippen molar-refractivity contribution in [2.24, 2.45) is 17.1 Å². The van der Waals surface area contributed by atoms with Crippen LogP contribution in [0.4, 0.5) is 5.69 Å². The Bertz CT molecular complexity index is 1390. The fourth-order valence-corrected chi connectivity index (χ4v) is 6.52. The highest BCUT2D eigenvalue weighted by atomic mass is 16.5. The molecule has 0 aromatic heterocycles. The first-order chi connectivity index (χ1) is 19.2. The number of anilines is 1. The van der Waals surface area contributed by atoms with E-state index in [1.165, 1.54) is 24.8 Å². The summed E-state index contributed by atoms with van der Waals surface area (Å²) in [6, 6.07) is 12.0. The van der Waals surface area contributed by atoms with Crippen LogP contribution in [0.15, 0.2) is 61.1 Å². The molecule has 7 heteroatoms. The molecule has 210 valence electrons. The van der Waals surface area contributed by atoms with Crippen LogP contribution >= 0.6 is 0 Å². The van der Waals surface area contributed by atoms with Gasteiger partial charge < -0.3 is 26.0 Å². The average molecular weight is 541 g/mol. The Hall–Kier alpha value is -4.00. The van der Waals surface area contributed by atoms with Gasteiger partial charge in [-0.2, -0.15) is 0 Å². The van der Waals surface area contributed by atoms with Gasteiger partial charge >= 0.3 is 0 Å². The van der Waals surface area contributed by atoms with Gasteiger partial charge in [0.25, 0.3) is 0 Å². The number of amides is 2. The molecular formula is C33H40N4O3. The van der Waals surface area contributed by atoms with Gasteiger partial charge in [0.2, 0.25) is 11.8 Å². The van der Waals surface area contributed by atoms with Gasteiger partial charge in [-0.05, 0) is 73.1 Å². The number of rotatable bonds is 7. The molecule has 2 aromatic rings. The van der Waals surface area contributed by atoms with Crippen molar-refractivity contribution in [3.63, 3.8) is 0 Å². The Balaban J connectivity index is 1.66. The maximum Gasteiger partial charge on any atom is 0.248 e. The maximum atomic E-state index is 13.8. The Morgan fingerprint density at radius 2 is 1.85 bits per heavy atom. The Labute approximate surface area is 237 Å². The van der Waals surface area contributed by atoms with E-state index in [9.17, 15) is 9.59 Å². The fourth-order valence-electron chi connectivity index (χ4n) is 6.52. The number of primary amides is 1. The third-order valence-corrected chi connectivity index (χ3v) is 8.70. The zero-order chi connectivity index (χ0) is 28.4. The van der Waals surface area contributed by atoms with Crippen LogP contribution in [-0.4, -0.2) is 32.5 Å². The van der Waals surface area contributed by atoms with E-state index in [-0.39, 0.29) is 11.8 Å². The summed E-state index contributed by atoms with van der Waals surface area (Å²) in [5.41, 5.74) is 11.9. The fraction of sp³-hybridized carbons (Fsp3) is 0.394. The number of benzene rings is 2. The Morgan fingerprint density at radius 3 is 2.55 bits per heavy atom. The van der Waals surface area contributed by atoms with Crippen LogP contribution < -0.4 is 26.0 Å². The van der Waals surface area contributed by atoms with E-state index in [0.29, 0.717) is 24.4 Å². The molecule has 0 radical (unpaired) electrons. The van der Waals surface area contributed by atoms with E-state index in [4.69, 9.17) is 10.5 Å². The molecule has 2 amide bonds. The second kappa shape index (κ2) is 11.2. The number of fused-ring (bicyclic) bond motifs is 4. The summed E-state index contributed by atoms with van der Waals surface area (Å²) in [5.74, 6) is 0.735. The SMILES string of the molecule is C=C(C)N/C=C/NC(=O)C12CC1c1cc(OC)ccc1/C=C(\C1CCCCC1)c1ccc(C(N)=O)cc1N(C)C2. The van der Waals surface area contributed by atoms with E-state index in [1.54, 1.807) is 19.5 Å². The standard InChI is InChI=1S/C33H40N4O3/c1-21(2)35-14-15-36-32(39)33-19-29(33)28-18-25(40-4)12-10-23(28)16-27(22-8-6-5-7-9-22)26-13-11-24(31(34)38)17-30(26)37(3)20-33/h10-18,22,29,35H,1,5-9,19-20H2,2-4H3,(H2,34,38)(H,36,39)/b15-14+,27-16+. The normalized spacial score (nSPS) is 23.6. The molecule has 0 spiro atoms. The van der Waals surface area contributed by atoms with Crippen LogP contribution in [0.5, 0.6) is 5.75 Å². The van der Waals surface area contributed by atoms with Crippen molar-refractivity contribution in [3.8, 4) is 5.75 Å². The molecule has 2 aliphatic carbocycles. The molecule has 2 unspecified atom stereocenters. The Kier molecular flexibility index (Phi) is 7.74. The summed E-state index contributed by atoms with van der Waals surface area (Å²) in [6.45, 7) is 6.18. The van der Waals surface area contributed by atoms with Crippen molar-refractivity contribution in [3.05, 3.63) is 83.3 Å². The predicted octanol–water partition coefficient (Wildman–Crippen LogP) is 5.55. The maximum absolute atomic E-state index is 13.8. The van der Waals surface area contributed by atoms with E-state index < -0.39 is 11.3 Å². The van der Waals surface area contributed by atoms with Gasteiger partial charge in [-0.1, -0.05) is 44.1 Å². The molecule has 1 heterocycles. The summed E-state index contributed by atoms with van der Waals surface area (Å²) in [4.78, 5) is 28.2. The lowest BCUT2D eigenvalue weighted by atomic mass is 9.78. The van der Waals surface area contributed by atoms with Crippen molar-refractivity contribution >= 4 is 29.2 Å². The second-order valence-corrected chi connectivity index (χ2v) is 11.5. The third kappa shape index (κ3) is 5.37. The van der Waals surface area contributed by atoms with Gasteiger partial charge in [-0.25, -0.2) is 0 Å². The number of hydrogen-bond acceptors (Lipinski definition) is 5. The van der Waals surface area contributed by atoms with Crippen LogP contribution in [0, 0.1) is 11.3 Å². The summed E-state index contributed by atoms with van der Waals surface area (Å²) in [7, 11) is 3.69. The quantitative estimate of drug-likeness (QED) is 0.428. The van der Waals surface area contributed by atoms with E-state index in [0.717, 1.165) is 46.7 Å². The molecule has 4 N–H and O–H groups in total. The number of carbonyl (C=O) groups excluding carboxylic acids is 2. The lowest BCUT2D eigenvalue weighted by molar-refractivity contribution is -0.125. The second-order valence-electron chi connectivity index (χ2n) is 11.5. The van der Waals surface area contributed by atoms with Gasteiger partial charge in [0.05, 0.1) is 12.5 Å². The summed E-state index contributed by atoms with van der Waals surface area (Å²) >= 11 is 0. The van der Waals surface area contributed by atoms with Crippen LogP contribution in [0.1, 0.15) is 78.4 Å². The highest BCUT2D eigenvalue weighted by molar-refractivity contribution is 5.97. The zero-order valence-corrected chi connectivity index (χ0v) is 23.8. The van der Waals surface area contributed by atoms with Crippen LogP contribution in [0.3, 0.4) is 0 Å². The number of nitrogens with zero attached hydrogens (tertiary/aromatic N) is 1. The van der Waals surface area contributed by atoms with Crippen LogP contribution in [-0.2, 0) is 4.79 Å². The van der Waals surface area contributed by atoms with Gasteiger partial charge in [-0.15, -0.1) is 0 Å². The van der Waals surface area contributed by atoms with Crippen molar-refractivity contribution in [1.82, 2.24) is 10.6 Å². The first-order valence-corrected chi connectivity index (χ1v) is 14.2. The summed E-state index contributed by atoms with van der Waals surface area (Å²) in [5, 5.41) is 6.01. The summed E-state index contributed by atoms with van der Waals surface area (Å²) in [6.07, 6.45) is 12.3. The molecule has 2 atom stereocenters. The van der Waals surface area contributed by atoms with E-state index >= 15 is 0 Å². The number of methoxy groups -OCH3 is 1. The number of ether oxygens (including phenoxy) is 1. The average Bonchev–Trinajstić information content (AvgIpc) is 3.68. The minimum atomic E-state index is -0.653. The number of nitrogens with one attached hydrogen (secondary N) is 2. The molecule has 40 heavy (non-hydrogen) atoms.